The zero-order valence-corrected chi connectivity index (χ0v) is 11.9. The SMILES string of the molecule is C[C@H]1CNC[C@H]1CNC(=O)OCc1ccccc1.Cl. The average Bonchev–Trinajstić information content (AvgIpc) is 2.81. The van der Waals surface area contributed by atoms with E-state index in [-0.39, 0.29) is 18.5 Å². The summed E-state index contributed by atoms with van der Waals surface area (Å²) in [6, 6.07) is 9.69. The van der Waals surface area contributed by atoms with Crippen LogP contribution in [0.4, 0.5) is 4.79 Å². The van der Waals surface area contributed by atoms with Crippen LogP contribution in [-0.4, -0.2) is 25.7 Å². The van der Waals surface area contributed by atoms with Gasteiger partial charge in [0.15, 0.2) is 0 Å². The number of amides is 1. The predicted octanol–water partition coefficient (Wildman–Crippen LogP) is 2.19. The van der Waals surface area contributed by atoms with Crippen molar-refractivity contribution in [1.82, 2.24) is 10.6 Å². The molecule has 2 atom stereocenters. The van der Waals surface area contributed by atoms with Gasteiger partial charge in [-0.15, -0.1) is 12.4 Å². The van der Waals surface area contributed by atoms with Crippen LogP contribution in [-0.2, 0) is 11.3 Å². The molecular weight excluding hydrogens is 264 g/mol. The van der Waals surface area contributed by atoms with Crippen molar-refractivity contribution in [1.29, 1.82) is 0 Å². The molecule has 0 bridgehead atoms. The molecule has 1 aromatic carbocycles. The molecule has 1 saturated heterocycles. The quantitative estimate of drug-likeness (QED) is 0.891. The number of carbonyl (C=O) groups is 1. The fourth-order valence-corrected chi connectivity index (χ4v) is 2.13. The van der Waals surface area contributed by atoms with Gasteiger partial charge in [0.1, 0.15) is 6.61 Å². The number of rotatable bonds is 4. The summed E-state index contributed by atoms with van der Waals surface area (Å²) in [5.74, 6) is 1.12. The number of hydrogen-bond acceptors (Lipinski definition) is 3. The normalized spacial score (nSPS) is 21.5. The first kappa shape index (κ1) is 15.8. The topological polar surface area (TPSA) is 50.4 Å². The minimum atomic E-state index is -0.335. The number of halogens is 1. The standard InChI is InChI=1S/C14H20N2O2.ClH/c1-11-7-15-8-13(11)9-16-14(17)18-10-12-5-3-2-4-6-12;/h2-6,11,13,15H,7-10H2,1H3,(H,16,17);1H/t11-,13-;/m0./s1. The lowest BCUT2D eigenvalue weighted by atomic mass is 9.98. The van der Waals surface area contributed by atoms with E-state index in [2.05, 4.69) is 17.6 Å². The zero-order chi connectivity index (χ0) is 12.8. The van der Waals surface area contributed by atoms with Gasteiger partial charge in [0.25, 0.3) is 0 Å². The van der Waals surface area contributed by atoms with Gasteiger partial charge in [0.2, 0.25) is 0 Å². The Hall–Kier alpha value is -1.26. The molecule has 1 aromatic rings. The van der Waals surface area contributed by atoms with Crippen molar-refractivity contribution < 1.29 is 9.53 Å². The van der Waals surface area contributed by atoms with Crippen LogP contribution >= 0.6 is 12.4 Å². The van der Waals surface area contributed by atoms with Gasteiger partial charge < -0.3 is 15.4 Å². The molecule has 5 heteroatoms. The molecule has 0 saturated carbocycles. The number of hydrogen-bond donors (Lipinski definition) is 2. The first-order valence-electron chi connectivity index (χ1n) is 6.41. The summed E-state index contributed by atoms with van der Waals surface area (Å²) < 4.78 is 5.15. The second-order valence-electron chi connectivity index (χ2n) is 4.84. The Morgan fingerprint density at radius 2 is 2.11 bits per heavy atom. The van der Waals surface area contributed by atoms with E-state index in [9.17, 15) is 4.79 Å². The van der Waals surface area contributed by atoms with Crippen LogP contribution in [0.2, 0.25) is 0 Å². The summed E-state index contributed by atoms with van der Waals surface area (Å²) >= 11 is 0. The summed E-state index contributed by atoms with van der Waals surface area (Å²) in [6.45, 7) is 5.21. The van der Waals surface area contributed by atoms with E-state index >= 15 is 0 Å². The number of alkyl carbamates (subject to hydrolysis) is 1. The van der Waals surface area contributed by atoms with Crippen LogP contribution < -0.4 is 10.6 Å². The van der Waals surface area contributed by atoms with E-state index in [0.29, 0.717) is 25.0 Å². The van der Waals surface area contributed by atoms with Crippen LogP contribution in [0.3, 0.4) is 0 Å². The molecule has 106 valence electrons. The van der Waals surface area contributed by atoms with Gasteiger partial charge in [0.05, 0.1) is 0 Å². The van der Waals surface area contributed by atoms with Crippen LogP contribution in [0.15, 0.2) is 30.3 Å². The molecular formula is C14H21ClN2O2. The number of carbonyl (C=O) groups excluding carboxylic acids is 1. The fraction of sp³-hybridized carbons (Fsp3) is 0.500. The maximum absolute atomic E-state index is 11.5. The molecule has 2 rings (SSSR count). The highest BCUT2D eigenvalue weighted by molar-refractivity contribution is 5.85. The average molecular weight is 285 g/mol. The molecule has 1 heterocycles. The van der Waals surface area contributed by atoms with Gasteiger partial charge in [-0.25, -0.2) is 4.79 Å². The zero-order valence-electron chi connectivity index (χ0n) is 11.1. The van der Waals surface area contributed by atoms with Crippen molar-refractivity contribution in [3.63, 3.8) is 0 Å². The molecule has 19 heavy (non-hydrogen) atoms. The van der Waals surface area contributed by atoms with Gasteiger partial charge in [0, 0.05) is 6.54 Å². The van der Waals surface area contributed by atoms with Crippen LogP contribution in [0.1, 0.15) is 12.5 Å². The minimum absolute atomic E-state index is 0. The van der Waals surface area contributed by atoms with Crippen molar-refractivity contribution in [2.45, 2.75) is 13.5 Å². The van der Waals surface area contributed by atoms with Crippen molar-refractivity contribution in [2.24, 2.45) is 11.8 Å². The Labute approximate surface area is 120 Å². The fourth-order valence-electron chi connectivity index (χ4n) is 2.13. The molecule has 0 radical (unpaired) electrons. The lowest BCUT2D eigenvalue weighted by Crippen LogP contribution is -2.32. The molecule has 0 unspecified atom stereocenters. The highest BCUT2D eigenvalue weighted by Crippen LogP contribution is 2.14. The molecule has 1 fully saturated rings. The van der Waals surface area contributed by atoms with E-state index in [1.54, 1.807) is 0 Å². The van der Waals surface area contributed by atoms with Gasteiger partial charge in [-0.3, -0.25) is 0 Å². The summed E-state index contributed by atoms with van der Waals surface area (Å²) in [7, 11) is 0. The van der Waals surface area contributed by atoms with Crippen LogP contribution in [0, 0.1) is 11.8 Å². The smallest absolute Gasteiger partial charge is 0.407 e. The molecule has 0 spiro atoms. The largest absolute Gasteiger partial charge is 0.445 e. The maximum atomic E-state index is 11.5. The minimum Gasteiger partial charge on any atom is -0.445 e. The van der Waals surface area contributed by atoms with E-state index in [4.69, 9.17) is 4.74 Å². The molecule has 2 N–H and O–H groups in total. The van der Waals surface area contributed by atoms with Crippen LogP contribution in [0.25, 0.3) is 0 Å². The summed E-state index contributed by atoms with van der Waals surface area (Å²) in [5, 5.41) is 6.14. The van der Waals surface area contributed by atoms with Crippen molar-refractivity contribution >= 4 is 18.5 Å². The summed E-state index contributed by atoms with van der Waals surface area (Å²) in [5.41, 5.74) is 1.00. The highest BCUT2D eigenvalue weighted by atomic mass is 35.5. The van der Waals surface area contributed by atoms with Gasteiger partial charge >= 0.3 is 6.09 Å². The molecule has 1 aliphatic rings. The summed E-state index contributed by atoms with van der Waals surface area (Å²) in [6.07, 6.45) is -0.335. The third kappa shape index (κ3) is 5.09. The van der Waals surface area contributed by atoms with E-state index in [0.717, 1.165) is 18.7 Å². The van der Waals surface area contributed by atoms with E-state index in [1.165, 1.54) is 0 Å². The predicted molar refractivity (Wildman–Crippen MR) is 77.4 cm³/mol. The Morgan fingerprint density at radius 1 is 1.37 bits per heavy atom. The monoisotopic (exact) mass is 284 g/mol. The van der Waals surface area contributed by atoms with Gasteiger partial charge in [-0.05, 0) is 30.5 Å². The van der Waals surface area contributed by atoms with Crippen molar-refractivity contribution in [3.05, 3.63) is 35.9 Å². The maximum Gasteiger partial charge on any atom is 0.407 e. The van der Waals surface area contributed by atoms with Crippen LogP contribution in [0.5, 0.6) is 0 Å². The molecule has 4 nitrogen and oxygen atoms in total. The molecule has 0 aliphatic carbocycles. The Morgan fingerprint density at radius 3 is 2.74 bits per heavy atom. The number of ether oxygens (including phenoxy) is 1. The van der Waals surface area contributed by atoms with E-state index < -0.39 is 0 Å². The number of benzene rings is 1. The van der Waals surface area contributed by atoms with Crippen molar-refractivity contribution in [3.8, 4) is 0 Å². The Bertz CT molecular complexity index is 386. The van der Waals surface area contributed by atoms with Gasteiger partial charge in [-0.1, -0.05) is 37.3 Å². The third-order valence-electron chi connectivity index (χ3n) is 3.40. The highest BCUT2D eigenvalue weighted by Gasteiger charge is 2.23. The third-order valence-corrected chi connectivity index (χ3v) is 3.40. The molecule has 1 amide bonds. The second kappa shape index (κ2) is 8.02. The van der Waals surface area contributed by atoms with Crippen molar-refractivity contribution in [2.75, 3.05) is 19.6 Å². The lowest BCUT2D eigenvalue weighted by Gasteiger charge is -2.14. The Balaban J connectivity index is 0.00000180. The van der Waals surface area contributed by atoms with E-state index in [1.807, 2.05) is 30.3 Å². The second-order valence-corrected chi connectivity index (χ2v) is 4.84. The molecule has 1 aliphatic heterocycles. The van der Waals surface area contributed by atoms with Gasteiger partial charge in [-0.2, -0.15) is 0 Å². The lowest BCUT2D eigenvalue weighted by molar-refractivity contribution is 0.137. The summed E-state index contributed by atoms with van der Waals surface area (Å²) in [4.78, 5) is 11.5. The number of nitrogens with one attached hydrogen (secondary N) is 2. The Kier molecular flexibility index (Phi) is 6.67. The first-order valence-corrected chi connectivity index (χ1v) is 6.41. The first-order chi connectivity index (χ1) is 8.75. The molecule has 0 aromatic heterocycles.